The molecule has 0 aromatic heterocycles. The minimum atomic E-state index is -0.600. The third-order valence-electron chi connectivity index (χ3n) is 5.35. The smallest absolute Gasteiger partial charge is 0.236 e. The van der Waals surface area contributed by atoms with Crippen LogP contribution in [0.5, 0.6) is 0 Å². The fraction of sp³-hybridized carbons (Fsp3) is 0.938. The first-order valence-corrected chi connectivity index (χ1v) is 8.55. The van der Waals surface area contributed by atoms with Gasteiger partial charge in [-0.25, -0.2) is 0 Å². The van der Waals surface area contributed by atoms with E-state index in [1.165, 1.54) is 0 Å². The number of ether oxygens (including phenoxy) is 1. The first-order valence-electron chi connectivity index (χ1n) is 8.55. The zero-order chi connectivity index (χ0) is 15.6. The van der Waals surface area contributed by atoms with Crippen LogP contribution in [0.2, 0.25) is 0 Å². The predicted octanol–water partition coefficient (Wildman–Crippen LogP) is -0.186. The van der Waals surface area contributed by atoms with Crippen molar-refractivity contribution in [3.05, 3.63) is 0 Å². The van der Waals surface area contributed by atoms with Crippen LogP contribution in [0.1, 0.15) is 32.6 Å². The molecule has 0 aromatic rings. The molecule has 3 saturated heterocycles. The van der Waals surface area contributed by atoms with E-state index in [9.17, 15) is 9.90 Å². The molecule has 1 atom stereocenters. The van der Waals surface area contributed by atoms with Crippen molar-refractivity contribution in [3.8, 4) is 0 Å². The monoisotopic (exact) mass is 311 g/mol. The summed E-state index contributed by atoms with van der Waals surface area (Å²) in [6.45, 7) is 8.29. The molecule has 3 heterocycles. The Balaban J connectivity index is 1.48. The maximum Gasteiger partial charge on any atom is 0.236 e. The van der Waals surface area contributed by atoms with E-state index >= 15 is 0 Å². The first kappa shape index (κ1) is 16.2. The van der Waals surface area contributed by atoms with E-state index in [1.807, 2.05) is 11.8 Å². The van der Waals surface area contributed by atoms with Gasteiger partial charge in [0.25, 0.3) is 0 Å². The topological polar surface area (TPSA) is 65.0 Å². The van der Waals surface area contributed by atoms with E-state index in [0.29, 0.717) is 13.2 Å². The number of hydrogen-bond acceptors (Lipinski definition) is 5. The number of piperidine rings is 1. The van der Waals surface area contributed by atoms with E-state index in [2.05, 4.69) is 10.2 Å². The number of nitrogens with one attached hydrogen (secondary N) is 1. The number of rotatable bonds is 2. The van der Waals surface area contributed by atoms with Crippen LogP contribution in [0.3, 0.4) is 0 Å². The van der Waals surface area contributed by atoms with Crippen LogP contribution in [0, 0.1) is 0 Å². The van der Waals surface area contributed by atoms with Crippen molar-refractivity contribution in [1.82, 2.24) is 15.1 Å². The van der Waals surface area contributed by atoms with E-state index < -0.39 is 5.60 Å². The molecule has 0 aromatic carbocycles. The van der Waals surface area contributed by atoms with Crippen molar-refractivity contribution in [2.45, 2.75) is 43.8 Å². The van der Waals surface area contributed by atoms with Gasteiger partial charge in [-0.2, -0.15) is 0 Å². The standard InChI is InChI=1S/C16H29N3O3/c1-15(21)4-11-22-16(13-15)2-7-18(8-3-16)12-14(20)19-9-5-17-6-10-19/h17,21H,2-13H2,1H3. The number of likely N-dealkylation sites (tertiary alicyclic amines) is 1. The van der Waals surface area contributed by atoms with Gasteiger partial charge < -0.3 is 20.1 Å². The lowest BCUT2D eigenvalue weighted by Crippen LogP contribution is -2.55. The zero-order valence-electron chi connectivity index (χ0n) is 13.6. The highest BCUT2D eigenvalue weighted by Gasteiger charge is 2.44. The molecule has 0 radical (unpaired) electrons. The molecule has 0 aliphatic carbocycles. The highest BCUT2D eigenvalue weighted by atomic mass is 16.5. The lowest BCUT2D eigenvalue weighted by molar-refractivity contribution is -0.173. The Morgan fingerprint density at radius 3 is 2.50 bits per heavy atom. The Kier molecular flexibility index (Phi) is 4.73. The quantitative estimate of drug-likeness (QED) is 0.740. The molecule has 2 N–H and O–H groups in total. The predicted molar refractivity (Wildman–Crippen MR) is 83.7 cm³/mol. The number of nitrogens with zero attached hydrogens (tertiary/aromatic N) is 2. The average molecular weight is 311 g/mol. The summed E-state index contributed by atoms with van der Waals surface area (Å²) in [5.74, 6) is 0.244. The maximum absolute atomic E-state index is 12.3. The summed E-state index contributed by atoms with van der Waals surface area (Å²) in [7, 11) is 0. The Morgan fingerprint density at radius 2 is 1.86 bits per heavy atom. The van der Waals surface area contributed by atoms with E-state index in [-0.39, 0.29) is 11.5 Å². The van der Waals surface area contributed by atoms with E-state index in [0.717, 1.165) is 65.0 Å². The van der Waals surface area contributed by atoms with Crippen LogP contribution in [-0.4, -0.2) is 84.4 Å². The summed E-state index contributed by atoms with van der Waals surface area (Å²) in [5.41, 5.74) is -0.770. The normalized spacial score (nSPS) is 33.1. The van der Waals surface area contributed by atoms with Crippen LogP contribution in [0.25, 0.3) is 0 Å². The highest BCUT2D eigenvalue weighted by Crippen LogP contribution is 2.39. The molecule has 3 fully saturated rings. The van der Waals surface area contributed by atoms with Gasteiger partial charge in [-0.3, -0.25) is 9.69 Å². The fourth-order valence-electron chi connectivity index (χ4n) is 3.97. The van der Waals surface area contributed by atoms with Gasteiger partial charge in [-0.15, -0.1) is 0 Å². The summed E-state index contributed by atoms with van der Waals surface area (Å²) < 4.78 is 6.02. The molecular weight excluding hydrogens is 282 g/mol. The number of piperazine rings is 1. The fourth-order valence-corrected chi connectivity index (χ4v) is 3.97. The number of hydrogen-bond donors (Lipinski definition) is 2. The second kappa shape index (κ2) is 6.43. The van der Waals surface area contributed by atoms with Crippen LogP contribution in [0.15, 0.2) is 0 Å². The lowest BCUT2D eigenvalue weighted by Gasteiger charge is -2.48. The van der Waals surface area contributed by atoms with E-state index in [1.54, 1.807) is 0 Å². The van der Waals surface area contributed by atoms with Gasteiger partial charge in [-0.1, -0.05) is 0 Å². The molecule has 126 valence electrons. The SMILES string of the molecule is CC1(O)CCOC2(CCN(CC(=O)N3CCNCC3)CC2)C1. The summed E-state index contributed by atoms with van der Waals surface area (Å²) in [6, 6.07) is 0. The molecule has 1 unspecified atom stereocenters. The average Bonchev–Trinajstić information content (AvgIpc) is 2.50. The summed E-state index contributed by atoms with van der Waals surface area (Å²) in [5, 5.41) is 13.6. The molecule has 6 nitrogen and oxygen atoms in total. The van der Waals surface area contributed by atoms with Crippen LogP contribution in [0.4, 0.5) is 0 Å². The van der Waals surface area contributed by atoms with Crippen molar-refractivity contribution in [3.63, 3.8) is 0 Å². The van der Waals surface area contributed by atoms with Crippen LogP contribution in [-0.2, 0) is 9.53 Å². The van der Waals surface area contributed by atoms with Crippen molar-refractivity contribution < 1.29 is 14.6 Å². The van der Waals surface area contributed by atoms with Gasteiger partial charge in [0.2, 0.25) is 5.91 Å². The Labute approximate surface area is 132 Å². The Morgan fingerprint density at radius 1 is 1.18 bits per heavy atom. The molecular formula is C16H29N3O3. The van der Waals surface area contributed by atoms with Crippen molar-refractivity contribution in [1.29, 1.82) is 0 Å². The Hall–Kier alpha value is -0.690. The van der Waals surface area contributed by atoms with Gasteiger partial charge >= 0.3 is 0 Å². The van der Waals surface area contributed by atoms with Gasteiger partial charge in [0.15, 0.2) is 0 Å². The van der Waals surface area contributed by atoms with Crippen LogP contribution >= 0.6 is 0 Å². The minimum absolute atomic E-state index is 0.170. The molecule has 1 amide bonds. The minimum Gasteiger partial charge on any atom is -0.390 e. The first-order chi connectivity index (χ1) is 10.5. The van der Waals surface area contributed by atoms with E-state index in [4.69, 9.17) is 4.74 Å². The molecule has 3 rings (SSSR count). The molecule has 0 saturated carbocycles. The largest absolute Gasteiger partial charge is 0.390 e. The lowest BCUT2D eigenvalue weighted by atomic mass is 9.78. The van der Waals surface area contributed by atoms with Crippen molar-refractivity contribution >= 4 is 5.91 Å². The summed E-state index contributed by atoms with van der Waals surface area (Å²) in [4.78, 5) is 16.5. The molecule has 1 spiro atoms. The number of amides is 1. The number of aliphatic hydroxyl groups is 1. The third-order valence-corrected chi connectivity index (χ3v) is 5.35. The molecule has 3 aliphatic rings. The number of carbonyl (C=O) groups is 1. The van der Waals surface area contributed by atoms with Crippen molar-refractivity contribution in [2.75, 3.05) is 52.4 Å². The van der Waals surface area contributed by atoms with Gasteiger partial charge in [0.05, 0.1) is 24.4 Å². The second-order valence-corrected chi connectivity index (χ2v) is 7.36. The third kappa shape index (κ3) is 3.79. The van der Waals surface area contributed by atoms with Gasteiger partial charge in [-0.05, 0) is 26.2 Å². The highest BCUT2D eigenvalue weighted by molar-refractivity contribution is 5.78. The molecule has 6 heteroatoms. The van der Waals surface area contributed by atoms with Crippen molar-refractivity contribution in [2.24, 2.45) is 0 Å². The summed E-state index contributed by atoms with van der Waals surface area (Å²) >= 11 is 0. The molecule has 3 aliphatic heterocycles. The molecule has 22 heavy (non-hydrogen) atoms. The van der Waals surface area contributed by atoms with Gasteiger partial charge in [0, 0.05) is 45.7 Å². The maximum atomic E-state index is 12.3. The number of carbonyl (C=O) groups excluding carboxylic acids is 1. The zero-order valence-corrected chi connectivity index (χ0v) is 13.6. The van der Waals surface area contributed by atoms with Crippen LogP contribution < -0.4 is 5.32 Å². The second-order valence-electron chi connectivity index (χ2n) is 7.36. The Bertz CT molecular complexity index is 399. The molecule has 0 bridgehead atoms. The summed E-state index contributed by atoms with van der Waals surface area (Å²) in [6.07, 6.45) is 3.27. The van der Waals surface area contributed by atoms with Gasteiger partial charge in [0.1, 0.15) is 0 Å².